The van der Waals surface area contributed by atoms with E-state index in [0.717, 1.165) is 17.0 Å². The van der Waals surface area contributed by atoms with Crippen LogP contribution in [0.3, 0.4) is 0 Å². The predicted molar refractivity (Wildman–Crippen MR) is 169 cm³/mol. The highest BCUT2D eigenvalue weighted by atomic mass is 32.2. The Balaban J connectivity index is 1.15. The van der Waals surface area contributed by atoms with Gasteiger partial charge >= 0.3 is 5.97 Å². The standard InChI is InChI=1S/C34H32N2O7S/c1-36(26-9-6-10-30(21-26)43-29-17-15-27(40-2)16-18-29)19-20-41-28-13-11-24(12-14-28)22-34(31(37)35-33(39)44-34)32(38)42-23-25-7-4-3-5-8-25/h3-18,21H,19-20,22-23H2,1-2H3,(H,35,37,39)/t34-/m1/s1. The van der Waals surface area contributed by atoms with Crippen LogP contribution in [0.4, 0.5) is 10.5 Å². The highest BCUT2D eigenvalue weighted by Crippen LogP contribution is 2.37. The first kappa shape index (κ1) is 30.5. The molecule has 0 radical (unpaired) electrons. The van der Waals surface area contributed by atoms with Crippen molar-refractivity contribution >= 4 is 34.6 Å². The first-order valence-corrected chi connectivity index (χ1v) is 14.8. The molecule has 0 aromatic heterocycles. The Morgan fingerprint density at radius 2 is 1.52 bits per heavy atom. The molecular weight excluding hydrogens is 580 g/mol. The molecule has 0 spiro atoms. The molecule has 9 nitrogen and oxygen atoms in total. The van der Waals surface area contributed by atoms with Crippen molar-refractivity contribution in [3.63, 3.8) is 0 Å². The lowest BCUT2D eigenvalue weighted by Crippen LogP contribution is -2.46. The molecule has 10 heteroatoms. The Labute approximate surface area is 260 Å². The van der Waals surface area contributed by atoms with E-state index in [4.69, 9.17) is 18.9 Å². The van der Waals surface area contributed by atoms with Crippen LogP contribution in [-0.4, -0.2) is 49.2 Å². The van der Waals surface area contributed by atoms with Gasteiger partial charge in [0.1, 0.15) is 36.2 Å². The molecule has 226 valence electrons. The lowest BCUT2D eigenvalue weighted by Gasteiger charge is -2.22. The fourth-order valence-electron chi connectivity index (χ4n) is 4.57. The summed E-state index contributed by atoms with van der Waals surface area (Å²) in [5, 5.41) is 1.66. The number of hydrogen-bond acceptors (Lipinski definition) is 9. The monoisotopic (exact) mass is 612 g/mol. The number of thioether (sulfide) groups is 1. The minimum atomic E-state index is -1.69. The van der Waals surface area contributed by atoms with Gasteiger partial charge in [0.2, 0.25) is 4.75 Å². The Bertz CT molecular complexity index is 1600. The van der Waals surface area contributed by atoms with Gasteiger partial charge in [-0.3, -0.25) is 14.9 Å². The second-order valence-electron chi connectivity index (χ2n) is 10.1. The maximum Gasteiger partial charge on any atom is 0.333 e. The van der Waals surface area contributed by atoms with Gasteiger partial charge in [-0.1, -0.05) is 48.5 Å². The van der Waals surface area contributed by atoms with Gasteiger partial charge in [-0.25, -0.2) is 4.79 Å². The Hall–Kier alpha value is -4.96. The third kappa shape index (κ3) is 7.51. The van der Waals surface area contributed by atoms with Crippen LogP contribution in [0.25, 0.3) is 0 Å². The van der Waals surface area contributed by atoms with Crippen molar-refractivity contribution in [2.75, 3.05) is 32.2 Å². The summed E-state index contributed by atoms with van der Waals surface area (Å²) in [6.45, 7) is 1.04. The molecule has 0 saturated carbocycles. The minimum absolute atomic E-state index is 0.000812. The fourth-order valence-corrected chi connectivity index (χ4v) is 5.56. The molecule has 1 aliphatic rings. The number of nitrogens with zero attached hydrogens (tertiary/aromatic N) is 1. The molecule has 5 rings (SSSR count). The molecule has 44 heavy (non-hydrogen) atoms. The van der Waals surface area contributed by atoms with Gasteiger partial charge < -0.3 is 23.8 Å². The van der Waals surface area contributed by atoms with Crippen molar-refractivity contribution in [2.24, 2.45) is 0 Å². The van der Waals surface area contributed by atoms with E-state index in [-0.39, 0.29) is 13.0 Å². The number of carbonyl (C=O) groups is 3. The van der Waals surface area contributed by atoms with Gasteiger partial charge in [0.15, 0.2) is 0 Å². The minimum Gasteiger partial charge on any atom is -0.497 e. The molecule has 1 N–H and O–H groups in total. The van der Waals surface area contributed by atoms with Crippen LogP contribution in [0.1, 0.15) is 11.1 Å². The number of ether oxygens (including phenoxy) is 4. The van der Waals surface area contributed by atoms with Gasteiger partial charge in [0.05, 0.1) is 13.7 Å². The summed E-state index contributed by atoms with van der Waals surface area (Å²) >= 11 is 0.656. The molecule has 1 fully saturated rings. The van der Waals surface area contributed by atoms with Crippen LogP contribution < -0.4 is 24.4 Å². The fraction of sp³-hybridized carbons (Fsp3) is 0.206. The number of nitrogens with one attached hydrogen (secondary N) is 1. The molecule has 0 aliphatic carbocycles. The van der Waals surface area contributed by atoms with Crippen molar-refractivity contribution in [1.82, 2.24) is 5.32 Å². The van der Waals surface area contributed by atoms with E-state index >= 15 is 0 Å². The Morgan fingerprint density at radius 1 is 0.818 bits per heavy atom. The highest BCUT2D eigenvalue weighted by Gasteiger charge is 2.55. The van der Waals surface area contributed by atoms with E-state index in [1.165, 1.54) is 0 Å². The summed E-state index contributed by atoms with van der Waals surface area (Å²) in [6, 6.07) is 31.5. The number of likely N-dealkylation sites (N-methyl/N-ethyl adjacent to an activating group) is 1. The largest absolute Gasteiger partial charge is 0.497 e. The van der Waals surface area contributed by atoms with Crippen molar-refractivity contribution in [3.05, 3.63) is 114 Å². The lowest BCUT2D eigenvalue weighted by atomic mass is 9.97. The molecule has 0 bridgehead atoms. The molecule has 1 atom stereocenters. The maximum atomic E-state index is 13.1. The SMILES string of the molecule is COc1ccc(Oc2cccc(N(C)CCOc3ccc(C[C@@]4(C(=O)OCc5ccccc5)SC(=O)NC4=O)cc3)c2)cc1. The lowest BCUT2D eigenvalue weighted by molar-refractivity contribution is -0.150. The second kappa shape index (κ2) is 14.0. The van der Waals surface area contributed by atoms with Crippen LogP contribution in [0.15, 0.2) is 103 Å². The van der Waals surface area contributed by atoms with E-state index in [1.807, 2.05) is 85.9 Å². The number of amides is 2. The molecule has 1 heterocycles. The zero-order valence-corrected chi connectivity index (χ0v) is 25.2. The van der Waals surface area contributed by atoms with E-state index in [0.29, 0.717) is 47.7 Å². The average molecular weight is 613 g/mol. The zero-order valence-electron chi connectivity index (χ0n) is 24.4. The third-order valence-electron chi connectivity index (χ3n) is 7.02. The van der Waals surface area contributed by atoms with Gasteiger partial charge in [0, 0.05) is 25.2 Å². The first-order valence-electron chi connectivity index (χ1n) is 13.9. The number of imide groups is 1. The van der Waals surface area contributed by atoms with Crippen molar-refractivity contribution < 1.29 is 33.3 Å². The molecule has 4 aromatic carbocycles. The Kier molecular flexibility index (Phi) is 9.71. The smallest absolute Gasteiger partial charge is 0.333 e. The summed E-state index contributed by atoms with van der Waals surface area (Å²) in [5.41, 5.74) is 2.45. The number of esters is 1. The van der Waals surface area contributed by atoms with E-state index < -0.39 is 21.9 Å². The van der Waals surface area contributed by atoms with Crippen LogP contribution in [-0.2, 0) is 27.4 Å². The molecule has 1 saturated heterocycles. The van der Waals surface area contributed by atoms with Gasteiger partial charge in [-0.15, -0.1) is 0 Å². The second-order valence-corrected chi connectivity index (χ2v) is 11.4. The molecule has 1 aliphatic heterocycles. The first-order chi connectivity index (χ1) is 21.3. The van der Waals surface area contributed by atoms with Gasteiger partial charge in [0.25, 0.3) is 11.1 Å². The van der Waals surface area contributed by atoms with Gasteiger partial charge in [-0.05, 0) is 71.4 Å². The van der Waals surface area contributed by atoms with E-state index in [9.17, 15) is 14.4 Å². The highest BCUT2D eigenvalue weighted by molar-refractivity contribution is 8.16. The van der Waals surface area contributed by atoms with Gasteiger partial charge in [-0.2, -0.15) is 0 Å². The van der Waals surface area contributed by atoms with Crippen LogP contribution in [0.2, 0.25) is 0 Å². The van der Waals surface area contributed by atoms with Crippen molar-refractivity contribution in [2.45, 2.75) is 17.8 Å². The number of rotatable bonds is 13. The number of carbonyl (C=O) groups excluding carboxylic acids is 3. The summed E-state index contributed by atoms with van der Waals surface area (Å²) in [6.07, 6.45) is 0.000812. The number of benzene rings is 4. The van der Waals surface area contributed by atoms with Crippen LogP contribution >= 0.6 is 11.8 Å². The normalized spacial score (nSPS) is 15.8. The summed E-state index contributed by atoms with van der Waals surface area (Å²) in [4.78, 5) is 40.1. The van der Waals surface area contributed by atoms with Crippen molar-refractivity contribution in [1.29, 1.82) is 0 Å². The van der Waals surface area contributed by atoms with Crippen molar-refractivity contribution in [3.8, 4) is 23.0 Å². The molecule has 0 unspecified atom stereocenters. The molecule has 4 aromatic rings. The quantitative estimate of drug-likeness (QED) is 0.144. The zero-order chi connectivity index (χ0) is 30.9. The van der Waals surface area contributed by atoms with E-state index in [2.05, 4.69) is 10.2 Å². The predicted octanol–water partition coefficient (Wildman–Crippen LogP) is 6.01. The summed E-state index contributed by atoms with van der Waals surface area (Å²) in [7, 11) is 3.60. The maximum absolute atomic E-state index is 13.1. The van der Waals surface area contributed by atoms with Crippen LogP contribution in [0, 0.1) is 0 Å². The number of hydrogen-bond donors (Lipinski definition) is 1. The molecule has 2 amide bonds. The molecular formula is C34H32N2O7S. The topological polar surface area (TPSA) is 103 Å². The summed E-state index contributed by atoms with van der Waals surface area (Å²) < 4.78 is 20.9. The van der Waals surface area contributed by atoms with E-state index in [1.54, 1.807) is 31.4 Å². The summed E-state index contributed by atoms with van der Waals surface area (Å²) in [5.74, 6) is 1.41. The Morgan fingerprint density at radius 3 is 2.20 bits per heavy atom. The number of methoxy groups -OCH3 is 1. The average Bonchev–Trinajstić information content (AvgIpc) is 3.34. The number of anilines is 1. The van der Waals surface area contributed by atoms with Crippen LogP contribution in [0.5, 0.6) is 23.0 Å². The third-order valence-corrected chi connectivity index (χ3v) is 8.15.